The van der Waals surface area contributed by atoms with Gasteiger partial charge in [-0.1, -0.05) is 60.8 Å². The maximum atomic E-state index is 2.47. The van der Waals surface area contributed by atoms with Gasteiger partial charge in [0.25, 0.3) is 0 Å². The first kappa shape index (κ1) is 15.1. The Bertz CT molecular complexity index is 216. The largest absolute Gasteiger partial charge is 0.0654 e. The molecule has 0 N–H and O–H groups in total. The van der Waals surface area contributed by atoms with Crippen molar-refractivity contribution in [1.29, 1.82) is 0 Å². The van der Waals surface area contributed by atoms with Crippen LogP contribution in [0.25, 0.3) is 0 Å². The molecule has 0 aromatic heterocycles. The fraction of sp³-hybridized carbons (Fsp3) is 1.00. The molecule has 0 spiro atoms. The molecule has 102 valence electrons. The van der Waals surface area contributed by atoms with Crippen molar-refractivity contribution in [1.82, 2.24) is 0 Å². The number of hydrogen-bond donors (Lipinski definition) is 0. The van der Waals surface area contributed by atoms with Crippen molar-refractivity contribution in [3.63, 3.8) is 0 Å². The molecule has 0 aliphatic heterocycles. The van der Waals surface area contributed by atoms with Gasteiger partial charge in [0.1, 0.15) is 0 Å². The highest BCUT2D eigenvalue weighted by molar-refractivity contribution is 4.96. The van der Waals surface area contributed by atoms with Crippen molar-refractivity contribution in [2.75, 3.05) is 0 Å². The van der Waals surface area contributed by atoms with Gasteiger partial charge in [-0.05, 0) is 48.3 Å². The van der Waals surface area contributed by atoms with Crippen molar-refractivity contribution < 1.29 is 0 Å². The van der Waals surface area contributed by atoms with E-state index in [9.17, 15) is 0 Å². The van der Waals surface area contributed by atoms with Crippen molar-refractivity contribution in [2.24, 2.45) is 29.1 Å². The van der Waals surface area contributed by atoms with Crippen LogP contribution in [0.3, 0.4) is 0 Å². The molecule has 0 aromatic carbocycles. The molecule has 1 fully saturated rings. The maximum Gasteiger partial charge on any atom is -0.0241 e. The Morgan fingerprint density at radius 3 is 2.18 bits per heavy atom. The highest BCUT2D eigenvalue weighted by Crippen LogP contribution is 2.55. The van der Waals surface area contributed by atoms with Crippen LogP contribution in [0.2, 0.25) is 0 Å². The average Bonchev–Trinajstić information content (AvgIpc) is 2.64. The van der Waals surface area contributed by atoms with Gasteiger partial charge in [-0.2, -0.15) is 0 Å². The number of rotatable bonds is 6. The molecular formula is C17H34. The predicted octanol–water partition coefficient (Wildman–Crippen LogP) is 5.91. The molecule has 0 amide bonds. The minimum Gasteiger partial charge on any atom is -0.0654 e. The average molecular weight is 238 g/mol. The molecule has 0 aromatic rings. The lowest BCUT2D eigenvalue weighted by molar-refractivity contribution is 0.0539. The second kappa shape index (κ2) is 6.25. The van der Waals surface area contributed by atoms with E-state index in [4.69, 9.17) is 0 Å². The molecule has 0 nitrogen and oxygen atoms in total. The molecule has 0 heteroatoms. The third-order valence-corrected chi connectivity index (χ3v) is 5.52. The Labute approximate surface area is 110 Å². The van der Waals surface area contributed by atoms with E-state index in [1.807, 2.05) is 0 Å². The summed E-state index contributed by atoms with van der Waals surface area (Å²) < 4.78 is 0. The summed E-state index contributed by atoms with van der Waals surface area (Å²) in [5.41, 5.74) is 0.656. The Balaban J connectivity index is 2.84. The van der Waals surface area contributed by atoms with Crippen LogP contribution < -0.4 is 0 Å². The number of hydrogen-bond acceptors (Lipinski definition) is 0. The molecule has 1 aliphatic rings. The van der Waals surface area contributed by atoms with Crippen LogP contribution >= 0.6 is 0 Å². The van der Waals surface area contributed by atoms with Gasteiger partial charge in [0.2, 0.25) is 0 Å². The lowest BCUT2D eigenvalue weighted by Crippen LogP contribution is -2.36. The molecule has 1 rings (SSSR count). The minimum absolute atomic E-state index is 0.656. The molecule has 3 atom stereocenters. The Hall–Kier alpha value is 0. The van der Waals surface area contributed by atoms with Crippen molar-refractivity contribution in [3.8, 4) is 0 Å². The minimum atomic E-state index is 0.656. The summed E-state index contributed by atoms with van der Waals surface area (Å²) in [6.07, 6.45) is 8.70. The van der Waals surface area contributed by atoms with Crippen LogP contribution in [0.1, 0.15) is 80.1 Å². The molecular weight excluding hydrogens is 204 g/mol. The van der Waals surface area contributed by atoms with Crippen LogP contribution in [-0.2, 0) is 0 Å². The molecule has 0 radical (unpaired) electrons. The first-order chi connectivity index (χ1) is 7.97. The summed E-state index contributed by atoms with van der Waals surface area (Å²) in [6.45, 7) is 14.6. The topological polar surface area (TPSA) is 0 Å². The standard InChI is InChI=1S/C17H34/c1-7-9-15-10-11-17(12-15,14(5)6)16(8-2)13(3)4/h13-16H,7-12H2,1-6H3. The van der Waals surface area contributed by atoms with E-state index in [2.05, 4.69) is 41.5 Å². The summed E-state index contributed by atoms with van der Waals surface area (Å²) in [4.78, 5) is 0. The highest BCUT2D eigenvalue weighted by atomic mass is 14.5. The van der Waals surface area contributed by atoms with Gasteiger partial charge >= 0.3 is 0 Å². The molecule has 17 heavy (non-hydrogen) atoms. The smallest absolute Gasteiger partial charge is 0.0241 e. The van der Waals surface area contributed by atoms with Crippen LogP contribution in [0.5, 0.6) is 0 Å². The molecule has 0 heterocycles. The van der Waals surface area contributed by atoms with Gasteiger partial charge in [0.15, 0.2) is 0 Å². The van der Waals surface area contributed by atoms with E-state index in [-0.39, 0.29) is 0 Å². The SMILES string of the molecule is CCCC1CCC(C(C)C)(C(CC)C(C)C)C1. The van der Waals surface area contributed by atoms with E-state index in [0.717, 1.165) is 23.7 Å². The van der Waals surface area contributed by atoms with Crippen molar-refractivity contribution in [3.05, 3.63) is 0 Å². The summed E-state index contributed by atoms with van der Waals surface area (Å²) >= 11 is 0. The monoisotopic (exact) mass is 238 g/mol. The second-order valence-corrected chi connectivity index (χ2v) is 7.04. The van der Waals surface area contributed by atoms with E-state index < -0.39 is 0 Å². The highest BCUT2D eigenvalue weighted by Gasteiger charge is 2.46. The van der Waals surface area contributed by atoms with Crippen LogP contribution in [0, 0.1) is 29.1 Å². The molecule has 1 saturated carbocycles. The third-order valence-electron chi connectivity index (χ3n) is 5.52. The molecule has 0 saturated heterocycles. The third kappa shape index (κ3) is 3.06. The maximum absolute atomic E-state index is 2.47. The van der Waals surface area contributed by atoms with Crippen LogP contribution in [0.15, 0.2) is 0 Å². The lowest BCUT2D eigenvalue weighted by Gasteiger charge is -2.44. The molecule has 1 aliphatic carbocycles. The zero-order chi connectivity index (χ0) is 13.1. The Morgan fingerprint density at radius 1 is 1.12 bits per heavy atom. The molecule has 3 unspecified atom stereocenters. The fourth-order valence-electron chi connectivity index (χ4n) is 4.70. The van der Waals surface area contributed by atoms with Gasteiger partial charge in [-0.3, -0.25) is 0 Å². The van der Waals surface area contributed by atoms with E-state index in [0.29, 0.717) is 5.41 Å². The second-order valence-electron chi connectivity index (χ2n) is 7.04. The first-order valence-electron chi connectivity index (χ1n) is 7.97. The fourth-order valence-corrected chi connectivity index (χ4v) is 4.70. The predicted molar refractivity (Wildman–Crippen MR) is 78.1 cm³/mol. The van der Waals surface area contributed by atoms with Crippen molar-refractivity contribution >= 4 is 0 Å². The van der Waals surface area contributed by atoms with Crippen LogP contribution in [0.4, 0.5) is 0 Å². The van der Waals surface area contributed by atoms with Crippen molar-refractivity contribution in [2.45, 2.75) is 80.1 Å². The zero-order valence-corrected chi connectivity index (χ0v) is 13.1. The quantitative estimate of drug-likeness (QED) is 0.539. The summed E-state index contributed by atoms with van der Waals surface area (Å²) in [5, 5.41) is 0. The summed E-state index contributed by atoms with van der Waals surface area (Å²) in [5.74, 6) is 3.67. The molecule has 0 bridgehead atoms. The Kier molecular flexibility index (Phi) is 5.54. The van der Waals surface area contributed by atoms with Gasteiger partial charge in [0, 0.05) is 0 Å². The van der Waals surface area contributed by atoms with Gasteiger partial charge in [-0.25, -0.2) is 0 Å². The normalized spacial score (nSPS) is 31.4. The van der Waals surface area contributed by atoms with Gasteiger partial charge in [-0.15, -0.1) is 0 Å². The Morgan fingerprint density at radius 2 is 1.76 bits per heavy atom. The van der Waals surface area contributed by atoms with Gasteiger partial charge in [0.05, 0.1) is 0 Å². The first-order valence-corrected chi connectivity index (χ1v) is 7.97. The zero-order valence-electron chi connectivity index (χ0n) is 13.1. The summed E-state index contributed by atoms with van der Waals surface area (Å²) in [6, 6.07) is 0. The van der Waals surface area contributed by atoms with Crippen LogP contribution in [-0.4, -0.2) is 0 Å². The lowest BCUT2D eigenvalue weighted by atomic mass is 9.61. The van der Waals surface area contributed by atoms with E-state index in [1.165, 1.54) is 38.5 Å². The van der Waals surface area contributed by atoms with E-state index >= 15 is 0 Å². The van der Waals surface area contributed by atoms with E-state index in [1.54, 1.807) is 0 Å². The summed E-state index contributed by atoms with van der Waals surface area (Å²) in [7, 11) is 0. The van der Waals surface area contributed by atoms with Gasteiger partial charge < -0.3 is 0 Å².